The number of carbonyl (C=O) groups excluding carboxylic acids is 1. The lowest BCUT2D eigenvalue weighted by molar-refractivity contribution is 0.0473. The van der Waals surface area contributed by atoms with E-state index in [9.17, 15) is 9.90 Å². The van der Waals surface area contributed by atoms with Gasteiger partial charge >= 0.3 is 5.97 Å². The maximum absolute atomic E-state index is 12.2. The number of nitrogens with two attached hydrogens (primary N) is 1. The molecular weight excluding hydrogens is 302 g/mol. The summed E-state index contributed by atoms with van der Waals surface area (Å²) in [6.07, 6.45) is 0. The van der Waals surface area contributed by atoms with E-state index < -0.39 is 5.97 Å². The number of esters is 1. The highest BCUT2D eigenvalue weighted by Gasteiger charge is 2.11. The quantitative estimate of drug-likeness (QED) is 0.563. The van der Waals surface area contributed by atoms with Crippen molar-refractivity contribution in [2.24, 2.45) is 0 Å². The number of carbonyl (C=O) groups is 1. The molecule has 0 saturated carbocycles. The summed E-state index contributed by atoms with van der Waals surface area (Å²) in [6, 6.07) is 21.3. The van der Waals surface area contributed by atoms with Crippen LogP contribution in [0, 0.1) is 0 Å². The molecule has 24 heavy (non-hydrogen) atoms. The summed E-state index contributed by atoms with van der Waals surface area (Å²) >= 11 is 0. The molecule has 3 rings (SSSR count). The van der Waals surface area contributed by atoms with Crippen molar-refractivity contribution in [1.82, 2.24) is 0 Å². The Labute approximate surface area is 140 Å². The summed E-state index contributed by atoms with van der Waals surface area (Å²) in [4.78, 5) is 12.2. The maximum Gasteiger partial charge on any atom is 0.338 e. The monoisotopic (exact) mass is 319 g/mol. The van der Waals surface area contributed by atoms with Gasteiger partial charge in [-0.1, -0.05) is 48.5 Å². The van der Waals surface area contributed by atoms with E-state index in [4.69, 9.17) is 10.5 Å². The largest absolute Gasteiger partial charge is 0.508 e. The Hall–Kier alpha value is -3.27. The molecule has 0 radical (unpaired) electrons. The number of ether oxygens (including phenoxy) is 1. The second-order valence-corrected chi connectivity index (χ2v) is 5.41. The fourth-order valence-electron chi connectivity index (χ4n) is 2.43. The molecule has 3 aromatic rings. The molecule has 3 N–H and O–H groups in total. The molecule has 0 heterocycles. The predicted molar refractivity (Wildman–Crippen MR) is 93.5 cm³/mol. The molecule has 0 unspecified atom stereocenters. The van der Waals surface area contributed by atoms with Crippen molar-refractivity contribution in [2.75, 3.05) is 5.73 Å². The lowest BCUT2D eigenvalue weighted by Gasteiger charge is -2.09. The van der Waals surface area contributed by atoms with Gasteiger partial charge in [0.25, 0.3) is 0 Å². The SMILES string of the molecule is Nc1cc(C(=O)OCc2ccccc2)ccc1-c1cccc(O)c1. The Morgan fingerprint density at radius 2 is 1.75 bits per heavy atom. The molecule has 0 saturated heterocycles. The second-order valence-electron chi connectivity index (χ2n) is 5.41. The zero-order chi connectivity index (χ0) is 16.9. The lowest BCUT2D eigenvalue weighted by Crippen LogP contribution is -2.06. The number of benzene rings is 3. The van der Waals surface area contributed by atoms with Crippen molar-refractivity contribution in [1.29, 1.82) is 0 Å². The van der Waals surface area contributed by atoms with Crippen LogP contribution >= 0.6 is 0 Å². The van der Waals surface area contributed by atoms with E-state index in [-0.39, 0.29) is 12.4 Å². The van der Waals surface area contributed by atoms with Gasteiger partial charge in [0.05, 0.1) is 5.56 Å². The number of hydrogen-bond donors (Lipinski definition) is 2. The fraction of sp³-hybridized carbons (Fsp3) is 0.0500. The molecule has 0 amide bonds. The number of phenolic OH excluding ortho intramolecular Hbond substituents is 1. The summed E-state index contributed by atoms with van der Waals surface area (Å²) in [5.41, 5.74) is 9.38. The zero-order valence-electron chi connectivity index (χ0n) is 13.0. The van der Waals surface area contributed by atoms with Gasteiger partial charge in [-0.2, -0.15) is 0 Å². The first kappa shape index (κ1) is 15.6. The van der Waals surface area contributed by atoms with Crippen LogP contribution in [0.15, 0.2) is 72.8 Å². The number of hydrogen-bond acceptors (Lipinski definition) is 4. The van der Waals surface area contributed by atoms with Gasteiger partial charge in [-0.25, -0.2) is 4.79 Å². The summed E-state index contributed by atoms with van der Waals surface area (Å²) in [5.74, 6) is -0.258. The molecule has 0 atom stereocenters. The summed E-state index contributed by atoms with van der Waals surface area (Å²) in [6.45, 7) is 0.216. The van der Waals surface area contributed by atoms with Gasteiger partial charge in [0.1, 0.15) is 12.4 Å². The van der Waals surface area contributed by atoms with Gasteiger partial charge in [-0.15, -0.1) is 0 Å². The smallest absolute Gasteiger partial charge is 0.338 e. The fourth-order valence-corrected chi connectivity index (χ4v) is 2.43. The third-order valence-electron chi connectivity index (χ3n) is 3.66. The van der Waals surface area contributed by atoms with E-state index in [1.807, 2.05) is 36.4 Å². The Bertz CT molecular complexity index is 860. The lowest BCUT2D eigenvalue weighted by atomic mass is 10.0. The van der Waals surface area contributed by atoms with Gasteiger partial charge in [-0.05, 0) is 35.4 Å². The summed E-state index contributed by atoms with van der Waals surface area (Å²) < 4.78 is 5.30. The van der Waals surface area contributed by atoms with E-state index in [2.05, 4.69) is 0 Å². The van der Waals surface area contributed by atoms with Crippen molar-refractivity contribution in [3.8, 4) is 16.9 Å². The molecule has 120 valence electrons. The highest BCUT2D eigenvalue weighted by molar-refractivity contribution is 5.92. The first-order valence-corrected chi connectivity index (χ1v) is 7.53. The van der Waals surface area contributed by atoms with Crippen LogP contribution in [0.4, 0.5) is 5.69 Å². The summed E-state index contributed by atoms with van der Waals surface area (Å²) in [5, 5.41) is 9.57. The van der Waals surface area contributed by atoms with Crippen LogP contribution in [-0.4, -0.2) is 11.1 Å². The molecule has 0 spiro atoms. The molecule has 0 fully saturated rings. The minimum Gasteiger partial charge on any atom is -0.508 e. The van der Waals surface area contributed by atoms with Gasteiger partial charge in [0.15, 0.2) is 0 Å². The molecule has 0 bridgehead atoms. The highest BCUT2D eigenvalue weighted by atomic mass is 16.5. The van der Waals surface area contributed by atoms with Crippen LogP contribution in [0.5, 0.6) is 5.75 Å². The van der Waals surface area contributed by atoms with Crippen molar-refractivity contribution in [3.63, 3.8) is 0 Å². The Morgan fingerprint density at radius 1 is 0.958 bits per heavy atom. The van der Waals surface area contributed by atoms with E-state index in [1.54, 1.807) is 36.4 Å². The third kappa shape index (κ3) is 3.55. The average molecular weight is 319 g/mol. The molecule has 0 aromatic heterocycles. The summed E-state index contributed by atoms with van der Waals surface area (Å²) in [7, 11) is 0. The molecule has 4 heteroatoms. The van der Waals surface area contributed by atoms with Crippen LogP contribution in [0.1, 0.15) is 15.9 Å². The third-order valence-corrected chi connectivity index (χ3v) is 3.66. The number of anilines is 1. The van der Waals surface area contributed by atoms with Crippen molar-refractivity contribution < 1.29 is 14.6 Å². The van der Waals surface area contributed by atoms with Crippen molar-refractivity contribution in [2.45, 2.75) is 6.61 Å². The molecule has 0 aliphatic heterocycles. The van der Waals surface area contributed by atoms with Crippen LogP contribution in [0.3, 0.4) is 0 Å². The number of phenols is 1. The normalized spacial score (nSPS) is 10.3. The molecule has 0 aliphatic carbocycles. The minimum atomic E-state index is -0.423. The second kappa shape index (κ2) is 6.87. The van der Waals surface area contributed by atoms with Crippen molar-refractivity contribution >= 4 is 11.7 Å². The van der Waals surface area contributed by atoms with Crippen molar-refractivity contribution in [3.05, 3.63) is 83.9 Å². The highest BCUT2D eigenvalue weighted by Crippen LogP contribution is 2.29. The van der Waals surface area contributed by atoms with Crippen LogP contribution in [-0.2, 0) is 11.3 Å². The molecular formula is C20H17NO3. The Morgan fingerprint density at radius 3 is 2.46 bits per heavy atom. The van der Waals surface area contributed by atoms with Gasteiger partial charge in [0.2, 0.25) is 0 Å². The minimum absolute atomic E-state index is 0.165. The van der Waals surface area contributed by atoms with E-state index >= 15 is 0 Å². The first-order chi connectivity index (χ1) is 11.6. The van der Waals surface area contributed by atoms with Gasteiger partial charge in [-0.3, -0.25) is 0 Å². The van der Waals surface area contributed by atoms with Gasteiger partial charge < -0.3 is 15.6 Å². The predicted octanol–water partition coefficient (Wildman–Crippen LogP) is 4.00. The molecule has 4 nitrogen and oxygen atoms in total. The topological polar surface area (TPSA) is 72.6 Å². The van der Waals surface area contributed by atoms with Crippen LogP contribution in [0.2, 0.25) is 0 Å². The molecule has 3 aromatic carbocycles. The van der Waals surface area contributed by atoms with E-state index in [0.29, 0.717) is 11.3 Å². The van der Waals surface area contributed by atoms with E-state index in [0.717, 1.165) is 16.7 Å². The standard InChI is InChI=1S/C20H17NO3/c21-19-12-16(20(23)24-13-14-5-2-1-3-6-14)9-10-18(19)15-7-4-8-17(22)11-15/h1-12,22H,13,21H2. The van der Waals surface area contributed by atoms with E-state index in [1.165, 1.54) is 0 Å². The average Bonchev–Trinajstić information content (AvgIpc) is 2.60. The Kier molecular flexibility index (Phi) is 4.47. The Balaban J connectivity index is 1.75. The maximum atomic E-state index is 12.2. The molecule has 0 aliphatic rings. The first-order valence-electron chi connectivity index (χ1n) is 7.53. The zero-order valence-corrected chi connectivity index (χ0v) is 13.0. The number of rotatable bonds is 4. The number of nitrogen functional groups attached to an aromatic ring is 1. The van der Waals surface area contributed by atoms with Crippen LogP contribution < -0.4 is 5.73 Å². The number of aromatic hydroxyl groups is 1. The van der Waals surface area contributed by atoms with Crippen LogP contribution in [0.25, 0.3) is 11.1 Å². The van der Waals surface area contributed by atoms with Gasteiger partial charge in [0, 0.05) is 11.3 Å².